The molecule has 10 rings (SSSR count). The molecule has 0 spiro atoms. The van der Waals surface area contributed by atoms with E-state index in [1.54, 1.807) is 0 Å². The van der Waals surface area contributed by atoms with Crippen molar-refractivity contribution in [2.75, 3.05) is 0 Å². The third-order valence-electron chi connectivity index (χ3n) is 17.7. The Morgan fingerprint density at radius 3 is 0.870 bits per heavy atom. The Hall–Kier alpha value is -1.30. The maximum atomic E-state index is 2.74. The summed E-state index contributed by atoms with van der Waals surface area (Å²) in [6, 6.07) is 0. The average Bonchev–Trinajstić information content (AvgIpc) is 3.03. The van der Waals surface area contributed by atoms with Crippen LogP contribution in [-0.2, 0) is 0 Å². The van der Waals surface area contributed by atoms with Crippen molar-refractivity contribution in [2.24, 2.45) is 94.7 Å². The Balaban J connectivity index is 1.25. The quantitative estimate of drug-likeness (QED) is 0.238. The summed E-state index contributed by atoms with van der Waals surface area (Å²) in [6.45, 7) is 21.3. The van der Waals surface area contributed by atoms with Crippen molar-refractivity contribution in [1.29, 1.82) is 0 Å². The van der Waals surface area contributed by atoms with Crippen LogP contribution in [0.3, 0.4) is 0 Å². The fourth-order valence-electron chi connectivity index (χ4n) is 16.5. The van der Waals surface area contributed by atoms with Crippen molar-refractivity contribution in [3.8, 4) is 0 Å². The maximum Gasteiger partial charge on any atom is 0.00880 e. The van der Waals surface area contributed by atoms with Gasteiger partial charge in [-0.05, 0) is 160 Å². The van der Waals surface area contributed by atoms with Gasteiger partial charge in [0.2, 0.25) is 0 Å². The molecule has 0 aliphatic heterocycles. The maximum absolute atomic E-state index is 2.74. The van der Waals surface area contributed by atoms with E-state index in [1.165, 1.54) is 77.0 Å². The van der Waals surface area contributed by atoms with Crippen LogP contribution in [0.5, 0.6) is 0 Å². The van der Waals surface area contributed by atoms with E-state index >= 15 is 0 Å². The molecule has 0 aromatic carbocycles. The minimum atomic E-state index is 0.671. The summed E-state index contributed by atoms with van der Waals surface area (Å²) in [5.74, 6) is 12.8. The van der Waals surface area contributed by atoms with Gasteiger partial charge < -0.3 is 0 Å². The van der Waals surface area contributed by atoms with Crippen molar-refractivity contribution in [3.05, 3.63) is 55.7 Å². The first kappa shape index (κ1) is 29.6. The number of hydrogen-bond donors (Lipinski definition) is 0. The Labute approximate surface area is 282 Å². The van der Waals surface area contributed by atoms with Gasteiger partial charge in [0.05, 0.1) is 0 Å². The van der Waals surface area contributed by atoms with Crippen LogP contribution in [0.15, 0.2) is 55.7 Å². The van der Waals surface area contributed by atoms with Gasteiger partial charge in [-0.15, -0.1) is 0 Å². The first-order chi connectivity index (χ1) is 22.2. The van der Waals surface area contributed by atoms with E-state index in [0.717, 1.165) is 82.9 Å². The predicted octanol–water partition coefficient (Wildman–Crippen LogP) is 12.3. The summed E-state index contributed by atoms with van der Waals surface area (Å²) in [5, 5.41) is 0. The Kier molecular flexibility index (Phi) is 6.52. The zero-order valence-electron chi connectivity index (χ0n) is 30.7. The monoisotopic (exact) mass is 617 g/mol. The van der Waals surface area contributed by atoms with E-state index < -0.39 is 0 Å². The van der Waals surface area contributed by atoms with Gasteiger partial charge in [-0.1, -0.05) is 111 Å². The third-order valence-corrected chi connectivity index (χ3v) is 17.7. The highest BCUT2D eigenvalue weighted by atomic mass is 14.7. The van der Waals surface area contributed by atoms with Crippen LogP contribution in [0.4, 0.5) is 0 Å². The molecule has 248 valence electrons. The van der Waals surface area contributed by atoms with E-state index in [9.17, 15) is 0 Å². The number of hydrogen-bond acceptors (Lipinski definition) is 0. The minimum Gasteiger partial charge on any atom is -0.0647 e. The first-order valence-corrected chi connectivity index (χ1v) is 20.9. The lowest BCUT2D eigenvalue weighted by atomic mass is 9.41. The van der Waals surface area contributed by atoms with Crippen molar-refractivity contribution in [2.45, 2.75) is 132 Å². The van der Waals surface area contributed by atoms with Crippen molar-refractivity contribution in [3.63, 3.8) is 0 Å². The zero-order valence-corrected chi connectivity index (χ0v) is 30.7. The summed E-state index contributed by atoms with van der Waals surface area (Å²) >= 11 is 0. The lowest BCUT2D eigenvalue weighted by Gasteiger charge is -2.64. The molecule has 0 bridgehead atoms. The lowest BCUT2D eigenvalue weighted by molar-refractivity contribution is 0.132. The molecular weight excluding hydrogens is 553 g/mol. The first-order valence-electron chi connectivity index (χ1n) is 20.9. The molecule has 2 fully saturated rings. The van der Waals surface area contributed by atoms with E-state index in [-0.39, 0.29) is 0 Å². The molecule has 0 N–H and O–H groups in total. The smallest absolute Gasteiger partial charge is 0.00880 e. The lowest BCUT2D eigenvalue weighted by Crippen LogP contribution is -2.53. The molecule has 0 heteroatoms. The van der Waals surface area contributed by atoms with Crippen LogP contribution >= 0.6 is 0 Å². The molecule has 0 aromatic rings. The van der Waals surface area contributed by atoms with E-state index in [0.29, 0.717) is 11.8 Å². The van der Waals surface area contributed by atoms with Gasteiger partial charge in [0.15, 0.2) is 0 Å². The summed E-state index contributed by atoms with van der Waals surface area (Å²) in [5.41, 5.74) is 20.4. The highest BCUT2D eigenvalue weighted by molar-refractivity contribution is 5.59. The molecule has 10 aliphatic rings. The highest BCUT2D eigenvalue weighted by Crippen LogP contribution is 2.72. The third kappa shape index (κ3) is 3.55. The SMILES string of the molecule is CC1CCC2C3=C1C(C)CCC3C1C3=C(C(C)CCC32)C(C)C2=C1C1C3=C(C(C)CCC3C3CCC(C)C4=C3C1CCC4C)C2C. The molecule has 2 saturated carbocycles. The standard InChI is InChI=1S/C46H64/c1-21-9-15-29-31-17-11-25(5)37-27(7)39-28(8)38-26(6)12-18-32-30-16-10-22(2)36-24(4)14-20-34(41(30)36)45(43(32)38)46(39)44(42(31)37)33-19-13-23(3)35(21)40(29)33/h21-34,44-45H,9-20H2,1-8H3. The van der Waals surface area contributed by atoms with Crippen molar-refractivity contribution in [1.82, 2.24) is 0 Å². The van der Waals surface area contributed by atoms with Crippen LogP contribution in [-0.4, -0.2) is 0 Å². The molecule has 16 unspecified atom stereocenters. The van der Waals surface area contributed by atoms with Gasteiger partial charge in [0, 0.05) is 11.8 Å². The van der Waals surface area contributed by atoms with Crippen LogP contribution in [0.2, 0.25) is 0 Å². The Bertz CT molecular complexity index is 1410. The largest absolute Gasteiger partial charge is 0.0647 e. The van der Waals surface area contributed by atoms with Gasteiger partial charge in [0.25, 0.3) is 0 Å². The molecule has 0 aromatic heterocycles. The Morgan fingerprint density at radius 1 is 0.239 bits per heavy atom. The number of rotatable bonds is 0. The second-order valence-electron chi connectivity index (χ2n) is 19.5. The fourth-order valence-corrected chi connectivity index (χ4v) is 16.5. The van der Waals surface area contributed by atoms with Gasteiger partial charge in [-0.2, -0.15) is 0 Å². The van der Waals surface area contributed by atoms with E-state index in [1.807, 2.05) is 27.9 Å². The summed E-state index contributed by atoms with van der Waals surface area (Å²) in [7, 11) is 0. The molecule has 46 heavy (non-hydrogen) atoms. The molecule has 0 nitrogen and oxygen atoms in total. The molecule has 16 atom stereocenters. The highest BCUT2D eigenvalue weighted by Gasteiger charge is 2.61. The topological polar surface area (TPSA) is 0 Å². The van der Waals surface area contributed by atoms with Gasteiger partial charge in [-0.3, -0.25) is 0 Å². The minimum absolute atomic E-state index is 0.671. The Morgan fingerprint density at radius 2 is 0.522 bits per heavy atom. The van der Waals surface area contributed by atoms with Crippen LogP contribution in [0.25, 0.3) is 0 Å². The van der Waals surface area contributed by atoms with Gasteiger partial charge >= 0.3 is 0 Å². The normalized spacial score (nSPS) is 52.2. The second-order valence-corrected chi connectivity index (χ2v) is 19.5. The molecule has 0 radical (unpaired) electrons. The van der Waals surface area contributed by atoms with Crippen LogP contribution in [0.1, 0.15) is 132 Å². The number of allylic oxidation sites excluding steroid dienone is 10. The molecule has 0 saturated heterocycles. The average molecular weight is 617 g/mol. The van der Waals surface area contributed by atoms with Crippen molar-refractivity contribution >= 4 is 0 Å². The predicted molar refractivity (Wildman–Crippen MR) is 192 cm³/mol. The molecule has 0 heterocycles. The second kappa shape index (κ2) is 10.1. The van der Waals surface area contributed by atoms with Crippen molar-refractivity contribution < 1.29 is 0 Å². The fraction of sp³-hybridized carbons (Fsp3) is 0.783. The van der Waals surface area contributed by atoms with Crippen LogP contribution in [0, 0.1) is 94.7 Å². The van der Waals surface area contributed by atoms with Gasteiger partial charge in [0.1, 0.15) is 0 Å². The molecule has 0 amide bonds. The summed E-state index contributed by atoms with van der Waals surface area (Å²) in [6.07, 6.45) is 17.6. The summed E-state index contributed by atoms with van der Waals surface area (Å²) in [4.78, 5) is 0. The van der Waals surface area contributed by atoms with Crippen LogP contribution < -0.4 is 0 Å². The zero-order chi connectivity index (χ0) is 31.5. The molecule has 10 aliphatic carbocycles. The summed E-state index contributed by atoms with van der Waals surface area (Å²) < 4.78 is 0. The van der Waals surface area contributed by atoms with Gasteiger partial charge in [-0.25, -0.2) is 0 Å². The molecular formula is C46H64. The number of fused-ring (bicyclic) bond motifs is 6. The van der Waals surface area contributed by atoms with E-state index in [4.69, 9.17) is 0 Å². The van der Waals surface area contributed by atoms with E-state index in [2.05, 4.69) is 83.3 Å².